The van der Waals surface area contributed by atoms with Crippen LogP contribution >= 0.6 is 0 Å². The van der Waals surface area contributed by atoms with Gasteiger partial charge in [-0.25, -0.2) is 15.0 Å². The average Bonchev–Trinajstić information content (AvgIpc) is 2.85. The van der Waals surface area contributed by atoms with E-state index in [-0.39, 0.29) is 18.0 Å². The highest BCUT2D eigenvalue weighted by molar-refractivity contribution is 6.07. The average molecular weight is 359 g/mol. The Labute approximate surface area is 157 Å². The third kappa shape index (κ3) is 2.47. The van der Waals surface area contributed by atoms with E-state index in [1.165, 1.54) is 0 Å². The zero-order chi connectivity index (χ0) is 18.6. The van der Waals surface area contributed by atoms with Crippen molar-refractivity contribution < 1.29 is 4.79 Å². The molecule has 0 radical (unpaired) electrons. The first-order valence-corrected chi connectivity index (χ1v) is 9.31. The van der Waals surface area contributed by atoms with Crippen LogP contribution in [0.1, 0.15) is 32.3 Å². The minimum Gasteiger partial charge on any atom is -0.351 e. The van der Waals surface area contributed by atoms with Gasteiger partial charge in [-0.3, -0.25) is 9.69 Å². The number of anilines is 2. The van der Waals surface area contributed by atoms with Crippen molar-refractivity contribution in [1.29, 1.82) is 0 Å². The molecule has 1 amide bonds. The van der Waals surface area contributed by atoms with Gasteiger partial charge < -0.3 is 5.32 Å². The molecule has 1 N–H and O–H groups in total. The number of rotatable bonds is 3. The summed E-state index contributed by atoms with van der Waals surface area (Å²) in [5.74, 6) is 1.60. The van der Waals surface area contributed by atoms with Crippen LogP contribution in [0.25, 0.3) is 10.9 Å². The van der Waals surface area contributed by atoms with E-state index in [0.29, 0.717) is 5.95 Å². The number of aromatic nitrogens is 3. The SMILES string of the molecule is CC1(C)C(=O)N(C2CC(Nc3ncc4ccccc4n3)C2)c2ncccc21. The highest BCUT2D eigenvalue weighted by Gasteiger charge is 2.50. The molecule has 2 aromatic heterocycles. The van der Waals surface area contributed by atoms with E-state index < -0.39 is 5.41 Å². The molecule has 6 heteroatoms. The maximum Gasteiger partial charge on any atom is 0.238 e. The number of carbonyl (C=O) groups is 1. The Morgan fingerprint density at radius 1 is 1.11 bits per heavy atom. The van der Waals surface area contributed by atoms with Crippen molar-refractivity contribution >= 4 is 28.6 Å². The largest absolute Gasteiger partial charge is 0.351 e. The number of pyridine rings is 1. The molecule has 0 saturated heterocycles. The van der Waals surface area contributed by atoms with Gasteiger partial charge in [0.15, 0.2) is 0 Å². The molecule has 1 fully saturated rings. The van der Waals surface area contributed by atoms with E-state index in [9.17, 15) is 4.79 Å². The maximum atomic E-state index is 13.0. The lowest BCUT2D eigenvalue weighted by Gasteiger charge is -2.41. The first-order valence-electron chi connectivity index (χ1n) is 9.31. The van der Waals surface area contributed by atoms with E-state index >= 15 is 0 Å². The Morgan fingerprint density at radius 2 is 1.93 bits per heavy atom. The standard InChI is InChI=1S/C21H21N5O/c1-21(2)16-7-5-9-22-18(16)26(19(21)27)15-10-14(11-15)24-20-23-12-13-6-3-4-8-17(13)25-20/h3-9,12,14-15H,10-11H2,1-2H3,(H,23,24,25). The number of nitrogens with zero attached hydrogens (tertiary/aromatic N) is 4. The molecule has 0 spiro atoms. The second-order valence-corrected chi connectivity index (χ2v) is 7.89. The molecule has 27 heavy (non-hydrogen) atoms. The van der Waals surface area contributed by atoms with E-state index in [4.69, 9.17) is 0 Å². The van der Waals surface area contributed by atoms with Crippen LogP contribution in [0, 0.1) is 0 Å². The molecule has 0 atom stereocenters. The predicted octanol–water partition coefficient (Wildman–Crippen LogP) is 3.29. The lowest BCUT2D eigenvalue weighted by molar-refractivity contribution is -0.122. The van der Waals surface area contributed by atoms with Crippen LogP contribution in [-0.2, 0) is 10.2 Å². The zero-order valence-electron chi connectivity index (χ0n) is 15.4. The molecule has 0 unspecified atom stereocenters. The van der Waals surface area contributed by atoms with Crippen molar-refractivity contribution in [3.05, 3.63) is 54.4 Å². The van der Waals surface area contributed by atoms with Gasteiger partial charge in [-0.1, -0.05) is 24.3 Å². The van der Waals surface area contributed by atoms with Gasteiger partial charge in [0.1, 0.15) is 5.82 Å². The number of amides is 1. The third-order valence-electron chi connectivity index (χ3n) is 5.74. The molecule has 3 heterocycles. The van der Waals surface area contributed by atoms with Crippen LogP contribution in [0.5, 0.6) is 0 Å². The van der Waals surface area contributed by atoms with Gasteiger partial charge in [-0.05, 0) is 38.8 Å². The first-order chi connectivity index (χ1) is 13.0. The van der Waals surface area contributed by atoms with Crippen LogP contribution in [0.4, 0.5) is 11.8 Å². The Morgan fingerprint density at radius 3 is 2.78 bits per heavy atom. The predicted molar refractivity (Wildman–Crippen MR) is 105 cm³/mol. The van der Waals surface area contributed by atoms with Crippen LogP contribution in [-0.4, -0.2) is 32.9 Å². The molecule has 2 aliphatic rings. The number of nitrogens with one attached hydrogen (secondary N) is 1. The number of fused-ring (bicyclic) bond motifs is 2. The van der Waals surface area contributed by atoms with E-state index in [1.807, 2.05) is 61.3 Å². The van der Waals surface area contributed by atoms with Gasteiger partial charge >= 0.3 is 0 Å². The van der Waals surface area contributed by atoms with E-state index in [2.05, 4.69) is 20.3 Å². The quantitative estimate of drug-likeness (QED) is 0.777. The second kappa shape index (κ2) is 5.74. The number of benzene rings is 1. The third-order valence-corrected chi connectivity index (χ3v) is 5.74. The summed E-state index contributed by atoms with van der Waals surface area (Å²) in [6.07, 6.45) is 5.34. The van der Waals surface area contributed by atoms with Crippen molar-refractivity contribution in [2.45, 2.75) is 44.2 Å². The van der Waals surface area contributed by atoms with Gasteiger partial charge in [-0.2, -0.15) is 0 Å². The molecule has 6 nitrogen and oxygen atoms in total. The summed E-state index contributed by atoms with van der Waals surface area (Å²) in [5, 5.41) is 4.43. The summed E-state index contributed by atoms with van der Waals surface area (Å²) in [4.78, 5) is 28.3. The number of carbonyl (C=O) groups excluding carboxylic acids is 1. The Balaban J connectivity index is 1.31. The van der Waals surface area contributed by atoms with E-state index in [1.54, 1.807) is 6.20 Å². The highest BCUT2D eigenvalue weighted by atomic mass is 16.2. The van der Waals surface area contributed by atoms with Gasteiger partial charge in [0.25, 0.3) is 0 Å². The molecule has 136 valence electrons. The molecule has 3 aromatic rings. The monoisotopic (exact) mass is 359 g/mol. The van der Waals surface area contributed by atoms with E-state index in [0.717, 1.165) is 35.1 Å². The fraction of sp³-hybridized carbons (Fsp3) is 0.333. The summed E-state index contributed by atoms with van der Waals surface area (Å²) in [6, 6.07) is 12.3. The first kappa shape index (κ1) is 16.2. The summed E-state index contributed by atoms with van der Waals surface area (Å²) in [5.41, 5.74) is 1.44. The number of hydrogen-bond acceptors (Lipinski definition) is 5. The van der Waals surface area contributed by atoms with Gasteiger partial charge in [0, 0.05) is 35.4 Å². The van der Waals surface area contributed by atoms with Crippen LogP contribution in [0.2, 0.25) is 0 Å². The molecular formula is C21H21N5O. The molecule has 1 aliphatic carbocycles. The van der Waals surface area contributed by atoms with Crippen molar-refractivity contribution in [2.75, 3.05) is 10.2 Å². The fourth-order valence-electron chi connectivity index (χ4n) is 4.07. The molecule has 1 saturated carbocycles. The Kier molecular flexibility index (Phi) is 3.44. The van der Waals surface area contributed by atoms with Crippen LogP contribution in [0.3, 0.4) is 0 Å². The zero-order valence-corrected chi connectivity index (χ0v) is 15.4. The minimum absolute atomic E-state index is 0.140. The molecule has 1 aliphatic heterocycles. The molecule has 5 rings (SSSR count). The smallest absolute Gasteiger partial charge is 0.238 e. The molecule has 1 aromatic carbocycles. The summed E-state index contributed by atoms with van der Waals surface area (Å²) in [7, 11) is 0. The maximum absolute atomic E-state index is 13.0. The van der Waals surface area contributed by atoms with Gasteiger partial charge in [0.05, 0.1) is 10.9 Å². The lowest BCUT2D eigenvalue weighted by Crippen LogP contribution is -2.53. The molecule has 0 bridgehead atoms. The Hall–Kier alpha value is -3.02. The lowest BCUT2D eigenvalue weighted by atomic mass is 9.84. The van der Waals surface area contributed by atoms with Crippen molar-refractivity contribution in [3.63, 3.8) is 0 Å². The second-order valence-electron chi connectivity index (χ2n) is 7.89. The van der Waals surface area contributed by atoms with Gasteiger partial charge in [0.2, 0.25) is 11.9 Å². The van der Waals surface area contributed by atoms with Crippen molar-refractivity contribution in [3.8, 4) is 0 Å². The summed E-state index contributed by atoms with van der Waals surface area (Å²) < 4.78 is 0. The summed E-state index contributed by atoms with van der Waals surface area (Å²) >= 11 is 0. The normalized spacial score (nSPS) is 23.2. The van der Waals surface area contributed by atoms with Crippen molar-refractivity contribution in [2.24, 2.45) is 0 Å². The fourth-order valence-corrected chi connectivity index (χ4v) is 4.07. The topological polar surface area (TPSA) is 71.0 Å². The highest BCUT2D eigenvalue weighted by Crippen LogP contribution is 2.44. The van der Waals surface area contributed by atoms with Crippen LogP contribution < -0.4 is 10.2 Å². The number of para-hydroxylation sites is 1. The number of hydrogen-bond donors (Lipinski definition) is 1. The molecular weight excluding hydrogens is 338 g/mol. The van der Waals surface area contributed by atoms with Crippen molar-refractivity contribution in [1.82, 2.24) is 15.0 Å². The minimum atomic E-state index is -0.510. The summed E-state index contributed by atoms with van der Waals surface area (Å²) in [6.45, 7) is 3.96. The van der Waals surface area contributed by atoms with Crippen LogP contribution in [0.15, 0.2) is 48.8 Å². The Bertz CT molecular complexity index is 1040. The van der Waals surface area contributed by atoms with Gasteiger partial charge in [-0.15, -0.1) is 0 Å².